The molecule has 1 aromatic heterocycles. The van der Waals surface area contributed by atoms with Crippen molar-refractivity contribution in [1.82, 2.24) is 10.3 Å². The van der Waals surface area contributed by atoms with Crippen LogP contribution in [0, 0.1) is 5.41 Å². The maximum absolute atomic E-state index is 11.5. The number of pyridine rings is 1. The Morgan fingerprint density at radius 3 is 2.91 bits per heavy atom. The van der Waals surface area contributed by atoms with Gasteiger partial charge in [0.25, 0.3) is 0 Å². The number of aliphatic hydroxyl groups excluding tert-OH is 1. The van der Waals surface area contributed by atoms with Crippen LogP contribution in [0.25, 0.3) is 0 Å². The van der Waals surface area contributed by atoms with Crippen molar-refractivity contribution >= 4 is 15.7 Å². The van der Waals surface area contributed by atoms with Crippen molar-refractivity contribution < 1.29 is 13.5 Å². The van der Waals surface area contributed by atoms with E-state index >= 15 is 0 Å². The molecule has 0 saturated carbocycles. The third kappa shape index (κ3) is 2.98. The first-order chi connectivity index (χ1) is 10.4. The van der Waals surface area contributed by atoms with Crippen LogP contribution in [0.5, 0.6) is 0 Å². The summed E-state index contributed by atoms with van der Waals surface area (Å²) >= 11 is 0. The molecule has 2 saturated heterocycles. The summed E-state index contributed by atoms with van der Waals surface area (Å²) in [6.07, 6.45) is 5.12. The first kappa shape index (κ1) is 15.7. The van der Waals surface area contributed by atoms with Gasteiger partial charge >= 0.3 is 0 Å². The average Bonchev–Trinajstić information content (AvgIpc) is 2.50. The molecule has 0 aromatic carbocycles. The van der Waals surface area contributed by atoms with Crippen molar-refractivity contribution in [3.8, 4) is 0 Å². The van der Waals surface area contributed by atoms with Crippen LogP contribution >= 0.6 is 0 Å². The van der Waals surface area contributed by atoms with E-state index in [-0.39, 0.29) is 16.4 Å². The van der Waals surface area contributed by atoms with Crippen molar-refractivity contribution in [3.05, 3.63) is 18.3 Å². The molecule has 2 fully saturated rings. The third-order valence-corrected chi connectivity index (χ3v) is 5.96. The van der Waals surface area contributed by atoms with E-state index < -0.39 is 9.84 Å². The van der Waals surface area contributed by atoms with Gasteiger partial charge in [-0.2, -0.15) is 0 Å². The van der Waals surface area contributed by atoms with Gasteiger partial charge in [0.1, 0.15) is 5.82 Å². The topological polar surface area (TPSA) is 82.5 Å². The Balaban J connectivity index is 1.80. The van der Waals surface area contributed by atoms with E-state index in [0.29, 0.717) is 0 Å². The standard InChI is InChI=1S/C15H23N3O3S/c1-22(20,21)12-3-4-14(17-9-12)18-8-2-6-15(11-18)10-16-7-5-13(15)19/h3-4,9,13,16,19H,2,5-8,10-11H2,1H3/t13-,15-/m0/s1. The van der Waals surface area contributed by atoms with Gasteiger partial charge in [-0.3, -0.25) is 0 Å². The summed E-state index contributed by atoms with van der Waals surface area (Å²) in [7, 11) is -3.22. The summed E-state index contributed by atoms with van der Waals surface area (Å²) in [6.45, 7) is 3.34. The van der Waals surface area contributed by atoms with Crippen LogP contribution in [0.15, 0.2) is 23.2 Å². The first-order valence-corrected chi connectivity index (χ1v) is 9.60. The van der Waals surface area contributed by atoms with Gasteiger partial charge in [-0.1, -0.05) is 0 Å². The SMILES string of the molecule is CS(=O)(=O)c1ccc(N2CCC[C@]3(CNCC[C@@H]3O)C2)nc1. The van der Waals surface area contributed by atoms with Gasteiger partial charge in [-0.15, -0.1) is 0 Å². The van der Waals surface area contributed by atoms with Gasteiger partial charge in [-0.05, 0) is 37.9 Å². The number of sulfone groups is 1. The number of piperidine rings is 2. The second kappa shape index (κ2) is 5.79. The molecule has 2 aliphatic heterocycles. The minimum Gasteiger partial charge on any atom is -0.392 e. The molecule has 6 nitrogen and oxygen atoms in total. The maximum atomic E-state index is 11.5. The Morgan fingerprint density at radius 2 is 2.27 bits per heavy atom. The lowest BCUT2D eigenvalue weighted by Gasteiger charge is -2.48. The highest BCUT2D eigenvalue weighted by molar-refractivity contribution is 7.90. The summed E-state index contributed by atoms with van der Waals surface area (Å²) in [5.74, 6) is 0.782. The van der Waals surface area contributed by atoms with Gasteiger partial charge in [0.2, 0.25) is 0 Å². The molecule has 2 aliphatic rings. The van der Waals surface area contributed by atoms with Crippen LogP contribution in [-0.4, -0.2) is 57.0 Å². The Hall–Kier alpha value is -1.18. The number of nitrogens with zero attached hydrogens (tertiary/aromatic N) is 2. The van der Waals surface area contributed by atoms with E-state index in [1.165, 1.54) is 12.5 Å². The lowest BCUT2D eigenvalue weighted by atomic mass is 9.72. The molecular weight excluding hydrogens is 302 g/mol. The number of anilines is 1. The van der Waals surface area contributed by atoms with Gasteiger partial charge in [-0.25, -0.2) is 13.4 Å². The lowest BCUT2D eigenvalue weighted by molar-refractivity contribution is -0.0102. The van der Waals surface area contributed by atoms with E-state index in [4.69, 9.17) is 0 Å². The molecule has 122 valence electrons. The summed E-state index contributed by atoms with van der Waals surface area (Å²) in [5.41, 5.74) is -0.117. The third-order valence-electron chi connectivity index (χ3n) is 4.86. The zero-order chi connectivity index (χ0) is 15.8. The van der Waals surface area contributed by atoms with E-state index in [2.05, 4.69) is 15.2 Å². The minimum atomic E-state index is -3.22. The van der Waals surface area contributed by atoms with Crippen LogP contribution < -0.4 is 10.2 Å². The second-order valence-electron chi connectivity index (χ2n) is 6.49. The highest BCUT2D eigenvalue weighted by atomic mass is 32.2. The van der Waals surface area contributed by atoms with Gasteiger partial charge in [0.15, 0.2) is 9.84 Å². The van der Waals surface area contributed by atoms with E-state index in [0.717, 1.165) is 51.3 Å². The monoisotopic (exact) mass is 325 g/mol. The molecule has 1 spiro atoms. The van der Waals surface area contributed by atoms with Crippen LogP contribution in [0.1, 0.15) is 19.3 Å². The van der Waals surface area contributed by atoms with Gasteiger partial charge in [0.05, 0.1) is 11.0 Å². The molecule has 3 rings (SSSR count). The molecule has 1 aromatic rings. The van der Waals surface area contributed by atoms with Gasteiger partial charge < -0.3 is 15.3 Å². The van der Waals surface area contributed by atoms with Crippen molar-refractivity contribution in [3.63, 3.8) is 0 Å². The fourth-order valence-electron chi connectivity index (χ4n) is 3.55. The Morgan fingerprint density at radius 1 is 1.45 bits per heavy atom. The van der Waals surface area contributed by atoms with Crippen molar-refractivity contribution in [2.75, 3.05) is 37.3 Å². The zero-order valence-corrected chi connectivity index (χ0v) is 13.6. The number of hydrogen-bond acceptors (Lipinski definition) is 6. The number of rotatable bonds is 2. The molecule has 2 atom stereocenters. The number of aromatic nitrogens is 1. The van der Waals surface area contributed by atoms with E-state index in [1.54, 1.807) is 12.1 Å². The van der Waals surface area contributed by atoms with E-state index in [1.807, 2.05) is 0 Å². The first-order valence-electron chi connectivity index (χ1n) is 7.71. The van der Waals surface area contributed by atoms with Crippen LogP contribution in [-0.2, 0) is 9.84 Å². The fourth-order valence-corrected chi connectivity index (χ4v) is 4.11. The predicted molar refractivity (Wildman–Crippen MR) is 84.7 cm³/mol. The zero-order valence-electron chi connectivity index (χ0n) is 12.8. The van der Waals surface area contributed by atoms with Crippen LogP contribution in [0.2, 0.25) is 0 Å². The molecule has 0 unspecified atom stereocenters. The van der Waals surface area contributed by atoms with E-state index in [9.17, 15) is 13.5 Å². The van der Waals surface area contributed by atoms with Crippen LogP contribution in [0.4, 0.5) is 5.82 Å². The normalized spacial score (nSPS) is 29.7. The van der Waals surface area contributed by atoms with Crippen molar-refractivity contribution in [2.45, 2.75) is 30.3 Å². The molecule has 0 amide bonds. The Bertz CT molecular complexity index is 628. The molecule has 7 heteroatoms. The summed E-state index contributed by atoms with van der Waals surface area (Å²) < 4.78 is 23.0. The van der Waals surface area contributed by atoms with Crippen molar-refractivity contribution in [2.24, 2.45) is 5.41 Å². The highest BCUT2D eigenvalue weighted by Crippen LogP contribution is 2.37. The minimum absolute atomic E-state index is 0.117. The molecule has 2 N–H and O–H groups in total. The summed E-state index contributed by atoms with van der Waals surface area (Å²) in [4.78, 5) is 6.71. The van der Waals surface area contributed by atoms with Gasteiger partial charge in [0, 0.05) is 37.5 Å². The predicted octanol–water partition coefficient (Wildman–Crippen LogP) is 0.426. The number of aliphatic hydroxyl groups is 1. The Labute approximate surface area is 131 Å². The quantitative estimate of drug-likeness (QED) is 0.820. The lowest BCUT2D eigenvalue weighted by Crippen LogP contribution is -2.58. The second-order valence-corrected chi connectivity index (χ2v) is 8.51. The molecule has 0 radical (unpaired) electrons. The molecule has 0 aliphatic carbocycles. The molecule has 3 heterocycles. The summed E-state index contributed by atoms with van der Waals surface area (Å²) in [6, 6.07) is 3.37. The largest absolute Gasteiger partial charge is 0.392 e. The number of nitrogens with one attached hydrogen (secondary N) is 1. The Kier molecular flexibility index (Phi) is 4.13. The van der Waals surface area contributed by atoms with Crippen molar-refractivity contribution in [1.29, 1.82) is 0 Å². The number of hydrogen-bond donors (Lipinski definition) is 2. The maximum Gasteiger partial charge on any atom is 0.177 e. The molecule has 22 heavy (non-hydrogen) atoms. The molecule has 0 bridgehead atoms. The molecular formula is C15H23N3O3S. The van der Waals surface area contributed by atoms with Crippen LogP contribution in [0.3, 0.4) is 0 Å². The highest BCUT2D eigenvalue weighted by Gasteiger charge is 2.43. The average molecular weight is 325 g/mol. The fraction of sp³-hybridized carbons (Fsp3) is 0.667. The smallest absolute Gasteiger partial charge is 0.177 e. The summed E-state index contributed by atoms with van der Waals surface area (Å²) in [5, 5.41) is 13.8.